The lowest BCUT2D eigenvalue weighted by Gasteiger charge is -2.03. The Morgan fingerprint density at radius 2 is 1.94 bits per heavy atom. The Morgan fingerprint density at radius 1 is 1.25 bits per heavy atom. The van der Waals surface area contributed by atoms with E-state index < -0.39 is 0 Å². The number of benzene rings is 1. The molecule has 84 valence electrons. The second-order valence-corrected chi connectivity index (χ2v) is 4.81. The van der Waals surface area contributed by atoms with Gasteiger partial charge in [0.1, 0.15) is 5.78 Å². The summed E-state index contributed by atoms with van der Waals surface area (Å²) in [5, 5.41) is 0.788. The van der Waals surface area contributed by atoms with Crippen molar-refractivity contribution in [2.75, 3.05) is 0 Å². The van der Waals surface area contributed by atoms with Crippen LogP contribution in [0.15, 0.2) is 18.2 Å². The van der Waals surface area contributed by atoms with Gasteiger partial charge in [0.25, 0.3) is 0 Å². The lowest BCUT2D eigenvalue weighted by atomic mass is 10.0. The van der Waals surface area contributed by atoms with Gasteiger partial charge in [-0.05, 0) is 31.0 Å². The largest absolute Gasteiger partial charge is 0.299 e. The van der Waals surface area contributed by atoms with E-state index in [1.807, 2.05) is 0 Å². The maximum atomic E-state index is 11.8. The molecule has 0 atom stereocenters. The lowest BCUT2D eigenvalue weighted by molar-refractivity contribution is -0.119. The number of hydrogen-bond acceptors (Lipinski definition) is 2. The van der Waals surface area contributed by atoms with E-state index in [1.54, 1.807) is 12.1 Å². The van der Waals surface area contributed by atoms with Gasteiger partial charge in [0.15, 0.2) is 5.78 Å². The molecule has 0 radical (unpaired) electrons. The predicted octanol–water partition coefficient (Wildman–Crippen LogP) is 3.55. The summed E-state index contributed by atoms with van der Waals surface area (Å²) in [5.74, 6) is -0.0930. The smallest absolute Gasteiger partial charge is 0.171 e. The number of halogens is 2. The van der Waals surface area contributed by atoms with Crippen molar-refractivity contribution in [1.29, 1.82) is 0 Å². The van der Waals surface area contributed by atoms with Crippen LogP contribution < -0.4 is 0 Å². The van der Waals surface area contributed by atoms with Crippen LogP contribution in [0.4, 0.5) is 0 Å². The molecule has 2 nitrogen and oxygen atoms in total. The topological polar surface area (TPSA) is 34.1 Å². The molecule has 1 aromatic rings. The Labute approximate surface area is 104 Å². The fourth-order valence-corrected chi connectivity index (χ4v) is 2.03. The SMILES string of the molecule is O=C(CC(=O)C1CC1)c1ccc(Cl)cc1Cl. The van der Waals surface area contributed by atoms with Crippen molar-refractivity contribution < 1.29 is 9.59 Å². The zero-order valence-corrected chi connectivity index (χ0v) is 10.0. The molecule has 0 N–H and O–H groups in total. The van der Waals surface area contributed by atoms with Gasteiger partial charge in [-0.1, -0.05) is 23.2 Å². The second kappa shape index (κ2) is 4.56. The highest BCUT2D eigenvalue weighted by molar-refractivity contribution is 6.37. The number of ketones is 2. The average molecular weight is 257 g/mol. The van der Waals surface area contributed by atoms with Crippen molar-refractivity contribution in [3.63, 3.8) is 0 Å². The highest BCUT2D eigenvalue weighted by Gasteiger charge is 2.31. The van der Waals surface area contributed by atoms with Gasteiger partial charge in [-0.25, -0.2) is 0 Å². The van der Waals surface area contributed by atoms with Crippen LogP contribution in [-0.4, -0.2) is 11.6 Å². The first kappa shape index (κ1) is 11.6. The van der Waals surface area contributed by atoms with Gasteiger partial charge in [0, 0.05) is 16.5 Å². The summed E-state index contributed by atoms with van der Waals surface area (Å²) >= 11 is 11.6. The fraction of sp³-hybridized carbons (Fsp3) is 0.333. The summed E-state index contributed by atoms with van der Waals surface area (Å²) < 4.78 is 0. The standard InChI is InChI=1S/C12H10Cl2O2/c13-8-3-4-9(10(14)5-8)12(16)6-11(15)7-1-2-7/h3-5,7H,1-2,6H2. The van der Waals surface area contributed by atoms with Crippen molar-refractivity contribution in [3.8, 4) is 0 Å². The van der Waals surface area contributed by atoms with Gasteiger partial charge in [0.05, 0.1) is 11.4 Å². The summed E-state index contributed by atoms with van der Waals surface area (Å²) in [4.78, 5) is 23.2. The van der Waals surface area contributed by atoms with Crippen LogP contribution in [0, 0.1) is 5.92 Å². The van der Waals surface area contributed by atoms with Gasteiger partial charge >= 0.3 is 0 Å². The first-order chi connectivity index (χ1) is 7.58. The average Bonchev–Trinajstić information content (AvgIpc) is 2.99. The van der Waals surface area contributed by atoms with E-state index >= 15 is 0 Å². The van der Waals surface area contributed by atoms with Crippen molar-refractivity contribution in [3.05, 3.63) is 33.8 Å². The van der Waals surface area contributed by atoms with Crippen LogP contribution in [0.1, 0.15) is 29.6 Å². The van der Waals surface area contributed by atoms with E-state index in [1.165, 1.54) is 6.07 Å². The van der Waals surface area contributed by atoms with Crippen molar-refractivity contribution in [2.24, 2.45) is 5.92 Å². The summed E-state index contributed by atoms with van der Waals surface area (Å²) in [7, 11) is 0. The Hall–Kier alpha value is -0.860. The zero-order chi connectivity index (χ0) is 11.7. The Kier molecular flexibility index (Phi) is 3.31. The number of rotatable bonds is 4. The van der Waals surface area contributed by atoms with E-state index in [-0.39, 0.29) is 23.9 Å². The van der Waals surface area contributed by atoms with E-state index in [9.17, 15) is 9.59 Å². The number of carbonyl (C=O) groups is 2. The monoisotopic (exact) mass is 256 g/mol. The van der Waals surface area contributed by atoms with Gasteiger partial charge < -0.3 is 0 Å². The van der Waals surface area contributed by atoms with Crippen molar-refractivity contribution >= 4 is 34.8 Å². The second-order valence-electron chi connectivity index (χ2n) is 3.96. The summed E-state index contributed by atoms with van der Waals surface area (Å²) in [6, 6.07) is 4.67. The quantitative estimate of drug-likeness (QED) is 0.610. The third-order valence-electron chi connectivity index (χ3n) is 2.60. The van der Waals surface area contributed by atoms with Crippen molar-refractivity contribution in [2.45, 2.75) is 19.3 Å². The molecule has 2 rings (SSSR count). The lowest BCUT2D eigenvalue weighted by Crippen LogP contribution is -2.10. The van der Waals surface area contributed by atoms with Crippen LogP contribution in [0.25, 0.3) is 0 Å². The third kappa shape index (κ3) is 2.63. The first-order valence-corrected chi connectivity index (χ1v) is 5.84. The predicted molar refractivity (Wildman–Crippen MR) is 63.1 cm³/mol. The van der Waals surface area contributed by atoms with Gasteiger partial charge in [-0.2, -0.15) is 0 Å². The molecule has 1 fully saturated rings. The first-order valence-electron chi connectivity index (χ1n) is 5.09. The maximum Gasteiger partial charge on any atom is 0.171 e. The minimum absolute atomic E-state index is 0.0241. The molecule has 0 aromatic heterocycles. The van der Waals surface area contributed by atoms with E-state index in [2.05, 4.69) is 0 Å². The number of hydrogen-bond donors (Lipinski definition) is 0. The molecule has 1 aromatic carbocycles. The number of Topliss-reactive ketones (excluding diaryl/α,β-unsaturated/α-hetero) is 2. The molecule has 0 amide bonds. The molecule has 16 heavy (non-hydrogen) atoms. The molecule has 0 spiro atoms. The van der Waals surface area contributed by atoms with Crippen LogP contribution >= 0.6 is 23.2 Å². The minimum Gasteiger partial charge on any atom is -0.299 e. The van der Waals surface area contributed by atoms with Crippen LogP contribution in [0.2, 0.25) is 10.0 Å². The van der Waals surface area contributed by atoms with Gasteiger partial charge in [0.2, 0.25) is 0 Å². The van der Waals surface area contributed by atoms with E-state index in [0.29, 0.717) is 15.6 Å². The molecule has 0 aliphatic heterocycles. The highest BCUT2D eigenvalue weighted by Crippen LogP contribution is 2.31. The Bertz CT molecular complexity index is 450. The molecule has 1 aliphatic carbocycles. The van der Waals surface area contributed by atoms with Crippen molar-refractivity contribution in [1.82, 2.24) is 0 Å². The molecule has 0 bridgehead atoms. The molecule has 0 saturated heterocycles. The fourth-order valence-electron chi connectivity index (χ4n) is 1.52. The maximum absolute atomic E-state index is 11.8. The highest BCUT2D eigenvalue weighted by atomic mass is 35.5. The Morgan fingerprint density at radius 3 is 2.50 bits per heavy atom. The normalized spacial score (nSPS) is 14.9. The molecule has 1 aliphatic rings. The molecule has 0 unspecified atom stereocenters. The van der Waals surface area contributed by atoms with Crippen LogP contribution in [-0.2, 0) is 4.79 Å². The Balaban J connectivity index is 2.10. The molecular formula is C12H10Cl2O2. The van der Waals surface area contributed by atoms with E-state index in [4.69, 9.17) is 23.2 Å². The van der Waals surface area contributed by atoms with Crippen LogP contribution in [0.5, 0.6) is 0 Å². The van der Waals surface area contributed by atoms with E-state index in [0.717, 1.165) is 12.8 Å². The zero-order valence-electron chi connectivity index (χ0n) is 8.50. The molecule has 1 saturated carbocycles. The van der Waals surface area contributed by atoms with Gasteiger partial charge in [-0.15, -0.1) is 0 Å². The minimum atomic E-state index is -0.224. The molecule has 4 heteroatoms. The molecule has 0 heterocycles. The number of carbonyl (C=O) groups excluding carboxylic acids is 2. The summed E-state index contributed by atoms with van der Waals surface area (Å²) in [6.45, 7) is 0. The molecular weight excluding hydrogens is 247 g/mol. The third-order valence-corrected chi connectivity index (χ3v) is 3.15. The summed E-state index contributed by atoms with van der Waals surface area (Å²) in [6.07, 6.45) is 1.78. The summed E-state index contributed by atoms with van der Waals surface area (Å²) in [5.41, 5.74) is 0.375. The van der Waals surface area contributed by atoms with Crippen LogP contribution in [0.3, 0.4) is 0 Å². The van der Waals surface area contributed by atoms with Gasteiger partial charge in [-0.3, -0.25) is 9.59 Å².